The topological polar surface area (TPSA) is 87.1 Å². The molecule has 1 aromatic carbocycles. The number of rotatable bonds is 1. The van der Waals surface area contributed by atoms with E-state index in [0.717, 1.165) is 0 Å². The molecule has 1 fully saturated rings. The number of hydrogen-bond donors (Lipinski definition) is 2. The molecule has 0 spiro atoms. The van der Waals surface area contributed by atoms with Gasteiger partial charge in [0.1, 0.15) is 11.1 Å². The van der Waals surface area contributed by atoms with Gasteiger partial charge in [-0.2, -0.15) is 5.26 Å². The van der Waals surface area contributed by atoms with Crippen LogP contribution in [0.1, 0.15) is 37.3 Å². The van der Waals surface area contributed by atoms with Crippen LogP contribution in [0.4, 0.5) is 0 Å². The normalized spacial score (nSPS) is 30.3. The fraction of sp³-hybridized carbons (Fsp3) is 0.429. The number of Topliss-reactive ketones (excluding diaryl/α,β-unsaturated/α-hetero) is 1. The van der Waals surface area contributed by atoms with Gasteiger partial charge in [0.05, 0.1) is 11.6 Å². The number of carbonyl (C=O) groups is 1. The van der Waals surface area contributed by atoms with Gasteiger partial charge < -0.3 is 10.8 Å². The Kier molecular flexibility index (Phi) is 4.36. The Morgan fingerprint density at radius 3 is 2.74 bits per heavy atom. The monoisotopic (exact) mass is 280 g/mol. The maximum absolute atomic E-state index is 12.3. The third kappa shape index (κ3) is 2.64. The Hall–Kier alpha value is -1.41. The Bertz CT molecular complexity index is 536. The summed E-state index contributed by atoms with van der Waals surface area (Å²) >= 11 is 0. The minimum Gasteiger partial charge on any atom is -0.382 e. The maximum atomic E-state index is 12.3. The van der Waals surface area contributed by atoms with Gasteiger partial charge in [-0.1, -0.05) is 12.1 Å². The van der Waals surface area contributed by atoms with Crippen LogP contribution in [0.15, 0.2) is 24.3 Å². The lowest BCUT2D eigenvalue weighted by Gasteiger charge is -2.40. The molecule has 0 saturated heterocycles. The van der Waals surface area contributed by atoms with E-state index < -0.39 is 11.1 Å². The van der Waals surface area contributed by atoms with Crippen LogP contribution in [-0.2, 0) is 10.3 Å². The smallest absolute Gasteiger partial charge is 0.188 e. The molecule has 0 aliphatic heterocycles. The van der Waals surface area contributed by atoms with Gasteiger partial charge >= 0.3 is 0 Å². The van der Waals surface area contributed by atoms with Gasteiger partial charge in [0.2, 0.25) is 0 Å². The van der Waals surface area contributed by atoms with Crippen molar-refractivity contribution in [1.29, 1.82) is 5.26 Å². The van der Waals surface area contributed by atoms with Gasteiger partial charge in [0, 0.05) is 0 Å². The summed E-state index contributed by atoms with van der Waals surface area (Å²) in [5.41, 5.74) is 4.71. The standard InChI is InChI=1S/C14H16N2O2.ClH/c1-13(18)6-3-7-14(16,12(13)17)11-5-2-4-10(8-11)9-15;/h2,4-5,8,18H,3,6-7,16H2,1H3;1H. The molecule has 0 amide bonds. The summed E-state index contributed by atoms with van der Waals surface area (Å²) in [6.07, 6.45) is 1.62. The number of aliphatic hydroxyl groups is 1. The first-order valence-electron chi connectivity index (χ1n) is 5.97. The van der Waals surface area contributed by atoms with Crippen molar-refractivity contribution < 1.29 is 9.90 Å². The predicted molar refractivity (Wildman–Crippen MR) is 73.8 cm³/mol. The van der Waals surface area contributed by atoms with E-state index in [1.165, 1.54) is 6.92 Å². The van der Waals surface area contributed by atoms with E-state index in [2.05, 4.69) is 0 Å². The zero-order chi connectivity index (χ0) is 13.4. The average Bonchev–Trinajstić information content (AvgIpc) is 2.36. The van der Waals surface area contributed by atoms with Crippen LogP contribution in [0.5, 0.6) is 0 Å². The molecule has 0 aromatic heterocycles. The second kappa shape index (κ2) is 5.30. The quantitative estimate of drug-likeness (QED) is 0.819. The third-order valence-electron chi connectivity index (χ3n) is 3.64. The highest BCUT2D eigenvalue weighted by Gasteiger charge is 2.48. The second-order valence-corrected chi connectivity index (χ2v) is 5.12. The van der Waals surface area contributed by atoms with E-state index >= 15 is 0 Å². The van der Waals surface area contributed by atoms with Gasteiger partial charge in [-0.3, -0.25) is 4.79 Å². The lowest BCUT2D eigenvalue weighted by molar-refractivity contribution is -0.146. The van der Waals surface area contributed by atoms with Crippen molar-refractivity contribution in [2.75, 3.05) is 0 Å². The summed E-state index contributed by atoms with van der Waals surface area (Å²) in [5, 5.41) is 19.0. The zero-order valence-corrected chi connectivity index (χ0v) is 11.5. The van der Waals surface area contributed by atoms with Crippen LogP contribution in [0.2, 0.25) is 0 Å². The van der Waals surface area contributed by atoms with Crippen LogP contribution in [-0.4, -0.2) is 16.5 Å². The van der Waals surface area contributed by atoms with Crippen molar-refractivity contribution in [3.05, 3.63) is 35.4 Å². The SMILES string of the molecule is CC1(O)CCCC(N)(c2cccc(C#N)c2)C1=O.Cl. The molecule has 19 heavy (non-hydrogen) atoms. The highest BCUT2D eigenvalue weighted by Crippen LogP contribution is 2.37. The van der Waals surface area contributed by atoms with Crippen molar-refractivity contribution in [3.8, 4) is 6.07 Å². The van der Waals surface area contributed by atoms with Gasteiger partial charge in [0.25, 0.3) is 0 Å². The van der Waals surface area contributed by atoms with Crippen molar-refractivity contribution in [2.24, 2.45) is 5.73 Å². The fourth-order valence-corrected chi connectivity index (χ4v) is 2.56. The van der Waals surface area contributed by atoms with E-state index in [0.29, 0.717) is 30.4 Å². The summed E-state index contributed by atoms with van der Waals surface area (Å²) in [6.45, 7) is 1.50. The molecule has 2 atom stereocenters. The zero-order valence-electron chi connectivity index (χ0n) is 10.7. The minimum absolute atomic E-state index is 0. The second-order valence-electron chi connectivity index (χ2n) is 5.12. The van der Waals surface area contributed by atoms with Gasteiger partial charge in [-0.15, -0.1) is 12.4 Å². The lowest BCUT2D eigenvalue weighted by atomic mass is 9.69. The summed E-state index contributed by atoms with van der Waals surface area (Å²) in [7, 11) is 0. The summed E-state index contributed by atoms with van der Waals surface area (Å²) in [6, 6.07) is 8.76. The molecular formula is C14H17ClN2O2. The van der Waals surface area contributed by atoms with Gasteiger partial charge in [-0.05, 0) is 43.9 Å². The Morgan fingerprint density at radius 1 is 1.42 bits per heavy atom. The van der Waals surface area contributed by atoms with Crippen molar-refractivity contribution in [3.63, 3.8) is 0 Å². The van der Waals surface area contributed by atoms with E-state index in [4.69, 9.17) is 11.0 Å². The highest BCUT2D eigenvalue weighted by atomic mass is 35.5. The summed E-state index contributed by atoms with van der Waals surface area (Å²) in [5.74, 6) is -0.365. The summed E-state index contributed by atoms with van der Waals surface area (Å²) in [4.78, 5) is 12.3. The number of ketones is 1. The molecule has 2 unspecified atom stereocenters. The van der Waals surface area contributed by atoms with Gasteiger partial charge in [0.15, 0.2) is 5.78 Å². The Morgan fingerprint density at radius 2 is 2.11 bits per heavy atom. The molecule has 2 rings (SSSR count). The first-order valence-corrected chi connectivity index (χ1v) is 5.97. The van der Waals surface area contributed by atoms with Crippen molar-refractivity contribution in [2.45, 2.75) is 37.3 Å². The first-order chi connectivity index (χ1) is 8.40. The molecule has 102 valence electrons. The predicted octanol–water partition coefficient (Wildman–Crippen LogP) is 1.64. The van der Waals surface area contributed by atoms with Crippen molar-refractivity contribution >= 4 is 18.2 Å². The molecule has 3 N–H and O–H groups in total. The number of benzene rings is 1. The molecule has 0 heterocycles. The molecule has 0 bridgehead atoms. The molecule has 0 radical (unpaired) electrons. The van der Waals surface area contributed by atoms with Crippen LogP contribution >= 0.6 is 12.4 Å². The number of nitrogens with two attached hydrogens (primary N) is 1. The van der Waals surface area contributed by atoms with E-state index in [-0.39, 0.29) is 18.2 Å². The number of nitriles is 1. The highest BCUT2D eigenvalue weighted by molar-refractivity contribution is 5.96. The van der Waals surface area contributed by atoms with E-state index in [1.807, 2.05) is 6.07 Å². The Balaban J connectivity index is 0.00000180. The van der Waals surface area contributed by atoms with Gasteiger partial charge in [-0.25, -0.2) is 0 Å². The molecule has 4 nitrogen and oxygen atoms in total. The minimum atomic E-state index is -1.38. The average molecular weight is 281 g/mol. The molecule has 5 heteroatoms. The van der Waals surface area contributed by atoms with Crippen molar-refractivity contribution in [1.82, 2.24) is 0 Å². The Labute approximate surface area is 118 Å². The first kappa shape index (κ1) is 15.6. The molecule has 1 aliphatic rings. The lowest BCUT2D eigenvalue weighted by Crippen LogP contribution is -2.57. The maximum Gasteiger partial charge on any atom is 0.188 e. The number of halogens is 1. The molecule has 1 aromatic rings. The third-order valence-corrected chi connectivity index (χ3v) is 3.64. The van der Waals surface area contributed by atoms with Crippen LogP contribution in [0.3, 0.4) is 0 Å². The van der Waals surface area contributed by atoms with E-state index in [9.17, 15) is 9.90 Å². The fourth-order valence-electron chi connectivity index (χ4n) is 2.56. The molecule has 1 aliphatic carbocycles. The number of hydrogen-bond acceptors (Lipinski definition) is 4. The number of carbonyl (C=O) groups excluding carboxylic acids is 1. The molecular weight excluding hydrogens is 264 g/mol. The van der Waals surface area contributed by atoms with E-state index in [1.54, 1.807) is 24.3 Å². The largest absolute Gasteiger partial charge is 0.382 e. The molecule has 1 saturated carbocycles. The van der Waals surface area contributed by atoms with Crippen LogP contribution < -0.4 is 5.73 Å². The summed E-state index contributed by atoms with van der Waals surface area (Å²) < 4.78 is 0. The number of nitrogens with zero attached hydrogens (tertiary/aromatic N) is 1. The van der Waals surface area contributed by atoms with Crippen LogP contribution in [0.25, 0.3) is 0 Å². The van der Waals surface area contributed by atoms with Crippen LogP contribution in [0, 0.1) is 11.3 Å².